The normalized spacial score (nSPS) is 20.6. The average Bonchev–Trinajstić information content (AvgIpc) is 2.90. The highest BCUT2D eigenvalue weighted by Crippen LogP contribution is 2.41. The number of aromatic hydroxyl groups is 1. The lowest BCUT2D eigenvalue weighted by atomic mass is 9.75. The fourth-order valence-corrected chi connectivity index (χ4v) is 7.73. The highest BCUT2D eigenvalue weighted by atomic mass is 79.9. The van der Waals surface area contributed by atoms with Gasteiger partial charge in [-0.25, -0.2) is 4.79 Å². The molecule has 0 radical (unpaired) electrons. The third kappa shape index (κ3) is 7.45. The molecule has 222 valence electrons. The number of amides is 2. The molecule has 1 aliphatic carbocycles. The Morgan fingerprint density at radius 1 is 0.976 bits per heavy atom. The second-order valence-electron chi connectivity index (χ2n) is 12.9. The molecule has 2 amide bonds. The Morgan fingerprint density at radius 3 is 2.32 bits per heavy atom. The largest absolute Gasteiger partial charge is 0.508 e. The minimum atomic E-state index is -0.496. The molecule has 9 heteroatoms. The summed E-state index contributed by atoms with van der Waals surface area (Å²) < 4.78 is 7.47. The number of carbonyl (C=O) groups excluding carboxylic acids is 2. The number of piperidine rings is 2. The molecule has 0 bridgehead atoms. The van der Waals surface area contributed by atoms with Crippen LogP contribution in [-0.4, -0.2) is 63.7 Å². The second kappa shape index (κ2) is 12.6. The van der Waals surface area contributed by atoms with Crippen LogP contribution in [0.1, 0.15) is 81.2 Å². The predicted molar refractivity (Wildman–Crippen MR) is 166 cm³/mol. The predicted octanol–water partition coefficient (Wildman–Crippen LogP) is 7.01. The van der Waals surface area contributed by atoms with Crippen molar-refractivity contribution in [3.63, 3.8) is 0 Å². The molecule has 1 N–H and O–H groups in total. The van der Waals surface area contributed by atoms with Crippen molar-refractivity contribution in [2.24, 2.45) is 11.8 Å². The topological polar surface area (TPSA) is 83.0 Å². The zero-order valence-corrected chi connectivity index (χ0v) is 27.5. The summed E-state index contributed by atoms with van der Waals surface area (Å²) in [4.78, 5) is 34.5. The van der Waals surface area contributed by atoms with Gasteiger partial charge in [-0.3, -0.25) is 9.78 Å². The van der Waals surface area contributed by atoms with Crippen molar-refractivity contribution in [2.45, 2.75) is 83.7 Å². The first-order valence-electron chi connectivity index (χ1n) is 14.9. The van der Waals surface area contributed by atoms with Gasteiger partial charge < -0.3 is 19.6 Å². The van der Waals surface area contributed by atoms with Crippen molar-refractivity contribution in [2.75, 3.05) is 26.2 Å². The number of phenols is 1. The van der Waals surface area contributed by atoms with Gasteiger partial charge in [0, 0.05) is 59.4 Å². The van der Waals surface area contributed by atoms with Gasteiger partial charge in [-0.15, -0.1) is 0 Å². The van der Waals surface area contributed by atoms with Gasteiger partial charge in [0.15, 0.2) is 0 Å². The van der Waals surface area contributed by atoms with Crippen molar-refractivity contribution in [1.29, 1.82) is 0 Å². The van der Waals surface area contributed by atoms with Gasteiger partial charge in [0.2, 0.25) is 5.91 Å². The van der Waals surface area contributed by atoms with Crippen LogP contribution in [0.25, 0.3) is 0 Å². The molecular formula is C32H41Br2N3O4. The number of fused-ring (bicyclic) bond motifs is 2. The molecule has 1 unspecified atom stereocenters. The maximum atomic E-state index is 13.3. The van der Waals surface area contributed by atoms with Gasteiger partial charge >= 0.3 is 6.09 Å². The maximum Gasteiger partial charge on any atom is 0.410 e. The third-order valence-electron chi connectivity index (χ3n) is 8.87. The molecule has 3 heterocycles. The van der Waals surface area contributed by atoms with E-state index >= 15 is 0 Å². The van der Waals surface area contributed by atoms with Gasteiger partial charge in [-0.2, -0.15) is 0 Å². The Balaban J connectivity index is 1.21. The summed E-state index contributed by atoms with van der Waals surface area (Å²) in [6.07, 6.45) is 8.41. The van der Waals surface area contributed by atoms with E-state index in [1.807, 2.05) is 33.0 Å². The molecule has 0 saturated carbocycles. The minimum absolute atomic E-state index is 0.239. The smallest absolute Gasteiger partial charge is 0.410 e. The molecule has 3 aliphatic rings. The van der Waals surface area contributed by atoms with E-state index in [1.165, 1.54) is 22.4 Å². The standard InChI is InChI=1S/C32H41Br2N3O4/c1-32(2,3)41-31(40)37-10-6-20(7-11-37)14-29(39)36-12-8-21(9-13-36)27-18-26-22(16-25(38)17-28(26)34)4-5-23-15-24(33)19-35-30(23)27/h15-17,19-21,27,38H,4-14,18H2,1-3H3. The van der Waals surface area contributed by atoms with E-state index in [4.69, 9.17) is 9.72 Å². The van der Waals surface area contributed by atoms with Crippen LogP contribution in [0.4, 0.5) is 4.79 Å². The number of halogens is 2. The summed E-state index contributed by atoms with van der Waals surface area (Å²) in [6.45, 7) is 8.48. The number of aryl methyl sites for hydroxylation is 2. The number of hydrogen-bond acceptors (Lipinski definition) is 5. The minimum Gasteiger partial charge on any atom is -0.508 e. The number of rotatable bonds is 3. The van der Waals surface area contributed by atoms with Crippen molar-refractivity contribution in [3.8, 4) is 5.75 Å². The first kappa shape index (κ1) is 30.3. The summed E-state index contributed by atoms with van der Waals surface area (Å²) in [5, 5.41) is 10.3. The molecule has 2 saturated heterocycles. The van der Waals surface area contributed by atoms with E-state index in [1.54, 1.807) is 11.0 Å². The van der Waals surface area contributed by atoms with Gasteiger partial charge in [-0.05, 0) is 128 Å². The van der Waals surface area contributed by atoms with Gasteiger partial charge in [-0.1, -0.05) is 15.9 Å². The Labute approximate surface area is 260 Å². The van der Waals surface area contributed by atoms with E-state index in [0.717, 1.165) is 67.0 Å². The number of ether oxygens (including phenoxy) is 1. The van der Waals surface area contributed by atoms with Crippen LogP contribution in [0.5, 0.6) is 5.75 Å². The fourth-order valence-electron chi connectivity index (χ4n) is 6.70. The lowest BCUT2D eigenvalue weighted by molar-refractivity contribution is -0.134. The number of likely N-dealkylation sites (tertiary alicyclic amines) is 2. The van der Waals surface area contributed by atoms with E-state index in [0.29, 0.717) is 37.1 Å². The first-order chi connectivity index (χ1) is 19.5. The zero-order valence-electron chi connectivity index (χ0n) is 24.3. The van der Waals surface area contributed by atoms with Crippen LogP contribution in [0, 0.1) is 11.8 Å². The number of benzene rings is 1. The second-order valence-corrected chi connectivity index (χ2v) is 14.7. The Bertz CT molecular complexity index is 1280. The van der Waals surface area contributed by atoms with Crippen molar-refractivity contribution in [3.05, 3.63) is 55.7 Å². The summed E-state index contributed by atoms with van der Waals surface area (Å²) in [5.74, 6) is 1.53. The maximum absolute atomic E-state index is 13.3. The zero-order chi connectivity index (χ0) is 29.3. The molecule has 41 heavy (non-hydrogen) atoms. The van der Waals surface area contributed by atoms with Crippen molar-refractivity contribution >= 4 is 43.9 Å². The first-order valence-corrected chi connectivity index (χ1v) is 16.5. The van der Waals surface area contributed by atoms with Gasteiger partial charge in [0.05, 0.1) is 0 Å². The van der Waals surface area contributed by atoms with Gasteiger partial charge in [0.1, 0.15) is 11.4 Å². The summed E-state index contributed by atoms with van der Waals surface area (Å²) >= 11 is 7.34. The van der Waals surface area contributed by atoms with E-state index < -0.39 is 5.60 Å². The third-order valence-corrected chi connectivity index (χ3v) is 10.0. The number of carbonyl (C=O) groups is 2. The molecular weight excluding hydrogens is 650 g/mol. The van der Waals surface area contributed by atoms with Crippen LogP contribution in [0.3, 0.4) is 0 Å². The molecule has 7 nitrogen and oxygen atoms in total. The Kier molecular flexibility index (Phi) is 9.34. The van der Waals surface area contributed by atoms with Crippen LogP contribution in [0.15, 0.2) is 33.3 Å². The lowest BCUT2D eigenvalue weighted by Crippen LogP contribution is -2.44. The lowest BCUT2D eigenvalue weighted by Gasteiger charge is -2.38. The van der Waals surface area contributed by atoms with Crippen LogP contribution in [-0.2, 0) is 28.8 Å². The van der Waals surface area contributed by atoms with Crippen LogP contribution in [0.2, 0.25) is 0 Å². The van der Waals surface area contributed by atoms with Crippen molar-refractivity contribution in [1.82, 2.24) is 14.8 Å². The molecule has 2 aromatic rings. The van der Waals surface area contributed by atoms with Crippen LogP contribution >= 0.6 is 31.9 Å². The highest BCUT2D eigenvalue weighted by Gasteiger charge is 2.35. The molecule has 5 rings (SSSR count). The quantitative estimate of drug-likeness (QED) is 0.375. The monoisotopic (exact) mass is 689 g/mol. The SMILES string of the molecule is CC(C)(C)OC(=O)N1CCC(CC(=O)N2CCC(C3Cc4c(Br)cc(O)cc4CCc4cc(Br)cnc43)CC2)CC1. The summed E-state index contributed by atoms with van der Waals surface area (Å²) in [7, 11) is 0. The van der Waals surface area contributed by atoms with E-state index in [9.17, 15) is 14.7 Å². The fraction of sp³-hybridized carbons (Fsp3) is 0.594. The number of pyridine rings is 1. The number of aromatic nitrogens is 1. The molecule has 1 aromatic carbocycles. The summed E-state index contributed by atoms with van der Waals surface area (Å²) in [6, 6.07) is 5.91. The van der Waals surface area contributed by atoms with Crippen molar-refractivity contribution < 1.29 is 19.4 Å². The molecule has 1 aromatic heterocycles. The van der Waals surface area contributed by atoms with Gasteiger partial charge in [0.25, 0.3) is 0 Å². The molecule has 2 fully saturated rings. The number of hydrogen-bond donors (Lipinski definition) is 1. The molecule has 0 spiro atoms. The number of nitrogens with zero attached hydrogens (tertiary/aromatic N) is 3. The number of phenolic OH excluding ortho intramolecular Hbond substituents is 1. The average molecular weight is 692 g/mol. The molecule has 2 aliphatic heterocycles. The Hall–Kier alpha value is -2.13. The summed E-state index contributed by atoms with van der Waals surface area (Å²) in [5.41, 5.74) is 4.41. The van der Waals surface area contributed by atoms with E-state index in [2.05, 4.69) is 42.8 Å². The molecule has 1 atom stereocenters. The van der Waals surface area contributed by atoms with Crippen LogP contribution < -0.4 is 0 Å². The van der Waals surface area contributed by atoms with E-state index in [-0.39, 0.29) is 17.9 Å². The highest BCUT2D eigenvalue weighted by molar-refractivity contribution is 9.10. The Morgan fingerprint density at radius 2 is 1.63 bits per heavy atom.